The molecule has 2 aromatic heterocycles. The summed E-state index contributed by atoms with van der Waals surface area (Å²) in [5.74, 6) is -4.29. The molecule has 2 atom stereocenters. The van der Waals surface area contributed by atoms with E-state index in [0.29, 0.717) is 0 Å². The fourth-order valence-corrected chi connectivity index (χ4v) is 3.38. The van der Waals surface area contributed by atoms with Gasteiger partial charge in [0.2, 0.25) is 5.76 Å². The molecule has 186 valence electrons. The van der Waals surface area contributed by atoms with Crippen molar-refractivity contribution in [3.63, 3.8) is 0 Å². The zero-order chi connectivity index (χ0) is 26.0. The van der Waals surface area contributed by atoms with Gasteiger partial charge < -0.3 is 43.5 Å². The molecule has 4 rings (SSSR count). The lowest BCUT2D eigenvalue weighted by Crippen LogP contribution is -2.36. The number of aliphatic hydroxyl groups is 2. The van der Waals surface area contributed by atoms with Gasteiger partial charge in [0.15, 0.2) is 16.6 Å². The van der Waals surface area contributed by atoms with Crippen LogP contribution in [0.15, 0.2) is 67.0 Å². The van der Waals surface area contributed by atoms with Crippen LogP contribution in [0.5, 0.6) is 11.5 Å². The van der Waals surface area contributed by atoms with Gasteiger partial charge in [0.1, 0.15) is 64.8 Å². The number of benzene rings is 2. The minimum atomic E-state index is -1.66. The Balaban J connectivity index is 1.46. The summed E-state index contributed by atoms with van der Waals surface area (Å²) >= 11 is 0. The Morgan fingerprint density at radius 2 is 1.25 bits per heavy atom. The van der Waals surface area contributed by atoms with Gasteiger partial charge >= 0.3 is 5.97 Å². The first kappa shape index (κ1) is 24.4. The standard InChI is InChI=1S/C24H18O12/c25-11-7-19(23(29)30)35-17-5-1-3-15(21(11)17)33-9-13(27)14(28)10-34-16-4-2-6-18-22(16)12(26)8-20(36-18)24(31)32/h1-8,13-14,27-28H,9-10H2,(H,29,30)(H,31,32)/p-1/t13-,14+. The average Bonchev–Trinajstić information content (AvgIpc) is 2.85. The molecule has 0 radical (unpaired) electrons. The van der Waals surface area contributed by atoms with Gasteiger partial charge in [-0.2, -0.15) is 0 Å². The number of carboxylic acids is 2. The molecule has 0 saturated heterocycles. The lowest BCUT2D eigenvalue weighted by atomic mass is 10.2. The summed E-state index contributed by atoms with van der Waals surface area (Å²) in [4.78, 5) is 46.7. The summed E-state index contributed by atoms with van der Waals surface area (Å²) in [7, 11) is 0. The maximum Gasteiger partial charge on any atom is 0.371 e. The molecule has 0 amide bonds. The molecule has 0 spiro atoms. The molecule has 36 heavy (non-hydrogen) atoms. The first-order valence-corrected chi connectivity index (χ1v) is 10.4. The van der Waals surface area contributed by atoms with E-state index in [0.717, 1.165) is 12.1 Å². The predicted octanol–water partition coefficient (Wildman–Crippen LogP) is 0.141. The van der Waals surface area contributed by atoms with Crippen LogP contribution in [-0.2, 0) is 0 Å². The van der Waals surface area contributed by atoms with Crippen molar-refractivity contribution >= 4 is 33.9 Å². The van der Waals surface area contributed by atoms with E-state index in [1.807, 2.05) is 0 Å². The van der Waals surface area contributed by atoms with Gasteiger partial charge in [-0.25, -0.2) is 4.79 Å². The number of rotatable bonds is 9. The molecule has 0 bridgehead atoms. The normalized spacial score (nSPS) is 12.8. The van der Waals surface area contributed by atoms with Crippen molar-refractivity contribution in [1.82, 2.24) is 0 Å². The highest BCUT2D eigenvalue weighted by Crippen LogP contribution is 2.25. The number of fused-ring (bicyclic) bond motifs is 2. The molecular weight excluding hydrogens is 480 g/mol. The van der Waals surface area contributed by atoms with E-state index >= 15 is 0 Å². The summed E-state index contributed by atoms with van der Waals surface area (Å²) in [6, 6.07) is 9.97. The zero-order valence-electron chi connectivity index (χ0n) is 18.2. The van der Waals surface area contributed by atoms with Crippen molar-refractivity contribution in [2.45, 2.75) is 12.2 Å². The van der Waals surface area contributed by atoms with Crippen molar-refractivity contribution < 1.29 is 48.3 Å². The van der Waals surface area contributed by atoms with Crippen molar-refractivity contribution in [1.29, 1.82) is 0 Å². The third kappa shape index (κ3) is 4.89. The van der Waals surface area contributed by atoms with Crippen LogP contribution in [-0.4, -0.2) is 52.7 Å². The smallest absolute Gasteiger partial charge is 0.371 e. The van der Waals surface area contributed by atoms with E-state index in [9.17, 15) is 34.5 Å². The van der Waals surface area contributed by atoms with E-state index in [1.165, 1.54) is 36.4 Å². The highest BCUT2D eigenvalue weighted by atomic mass is 16.5. The minimum absolute atomic E-state index is 0.000688. The third-order valence-corrected chi connectivity index (χ3v) is 5.11. The van der Waals surface area contributed by atoms with E-state index in [1.54, 1.807) is 0 Å². The van der Waals surface area contributed by atoms with Crippen molar-refractivity contribution in [2.24, 2.45) is 0 Å². The summed E-state index contributed by atoms with van der Waals surface area (Å²) in [6.45, 7) is -0.957. The second-order valence-electron chi connectivity index (χ2n) is 7.56. The number of aliphatic hydroxyl groups excluding tert-OH is 2. The first-order chi connectivity index (χ1) is 17.2. The summed E-state index contributed by atoms with van der Waals surface area (Å²) in [6.07, 6.45) is -3.00. The van der Waals surface area contributed by atoms with Crippen LogP contribution in [0.4, 0.5) is 0 Å². The summed E-state index contributed by atoms with van der Waals surface area (Å²) in [5, 5.41) is 40.5. The highest BCUT2D eigenvalue weighted by molar-refractivity contribution is 5.90. The fraction of sp³-hybridized carbons (Fsp3) is 0.167. The SMILES string of the molecule is O=C([O-])c1cc(=O)c2c(OC[C@@H](O)[C@@H](O)COc3cccc4oc(C(=O)O)cc(=O)c34)cccc2o1. The molecular formula is C24H17O12-. The number of carbonyl (C=O) groups excluding carboxylic acids is 1. The van der Waals surface area contributed by atoms with Crippen molar-refractivity contribution in [3.8, 4) is 11.5 Å². The average molecular weight is 497 g/mol. The van der Waals surface area contributed by atoms with Crippen LogP contribution in [0.25, 0.3) is 21.9 Å². The molecule has 12 nitrogen and oxygen atoms in total. The van der Waals surface area contributed by atoms with Gasteiger partial charge in [0.05, 0.1) is 0 Å². The van der Waals surface area contributed by atoms with E-state index in [4.69, 9.17) is 23.4 Å². The van der Waals surface area contributed by atoms with Gasteiger partial charge in [-0.1, -0.05) is 12.1 Å². The number of carboxylic acid groups (broad SMARTS) is 2. The molecule has 2 aromatic carbocycles. The van der Waals surface area contributed by atoms with E-state index < -0.39 is 59.7 Å². The topological polar surface area (TPSA) is 197 Å². The number of aromatic carboxylic acids is 2. The number of carbonyl (C=O) groups is 2. The van der Waals surface area contributed by atoms with Crippen LogP contribution in [0.2, 0.25) is 0 Å². The van der Waals surface area contributed by atoms with Gasteiger partial charge in [0.25, 0.3) is 0 Å². The molecule has 4 aromatic rings. The lowest BCUT2D eigenvalue weighted by molar-refractivity contribution is -0.257. The van der Waals surface area contributed by atoms with Crippen molar-refractivity contribution in [3.05, 3.63) is 80.5 Å². The Bertz CT molecular complexity index is 1460. The molecule has 0 unspecified atom stereocenters. The van der Waals surface area contributed by atoms with Crippen molar-refractivity contribution in [2.75, 3.05) is 13.2 Å². The molecule has 3 N–H and O–H groups in total. The Hall–Kier alpha value is -4.68. The summed E-state index contributed by atoms with van der Waals surface area (Å²) in [5.41, 5.74) is -1.48. The molecule has 0 aliphatic rings. The van der Waals surface area contributed by atoms with Gasteiger partial charge in [-0.05, 0) is 24.3 Å². The first-order valence-electron chi connectivity index (χ1n) is 10.4. The number of hydrogen-bond donors (Lipinski definition) is 3. The molecule has 0 saturated carbocycles. The monoisotopic (exact) mass is 497 g/mol. The predicted molar refractivity (Wildman–Crippen MR) is 119 cm³/mol. The molecule has 0 fully saturated rings. The lowest BCUT2D eigenvalue weighted by Gasteiger charge is -2.19. The number of ether oxygens (including phenoxy) is 2. The molecule has 0 aliphatic heterocycles. The Morgan fingerprint density at radius 1 is 0.806 bits per heavy atom. The molecule has 0 aliphatic carbocycles. The van der Waals surface area contributed by atoms with E-state index in [2.05, 4.69) is 0 Å². The second kappa shape index (κ2) is 9.90. The van der Waals surface area contributed by atoms with Gasteiger partial charge in [-0.15, -0.1) is 0 Å². The van der Waals surface area contributed by atoms with Crippen LogP contribution in [0, 0.1) is 0 Å². The maximum absolute atomic E-state index is 12.4. The zero-order valence-corrected chi connectivity index (χ0v) is 18.2. The highest BCUT2D eigenvalue weighted by Gasteiger charge is 2.21. The van der Waals surface area contributed by atoms with Gasteiger partial charge in [0, 0.05) is 12.1 Å². The Labute approximate surface area is 200 Å². The quantitative estimate of drug-likeness (QED) is 0.283. The maximum atomic E-state index is 12.4. The van der Waals surface area contributed by atoms with Gasteiger partial charge in [-0.3, -0.25) is 9.59 Å². The molecule has 12 heteroatoms. The third-order valence-electron chi connectivity index (χ3n) is 5.11. The van der Waals surface area contributed by atoms with Crippen LogP contribution in [0.1, 0.15) is 21.1 Å². The largest absolute Gasteiger partial charge is 0.542 e. The second-order valence-corrected chi connectivity index (χ2v) is 7.56. The Kier molecular flexibility index (Phi) is 6.72. The van der Waals surface area contributed by atoms with Crippen LogP contribution >= 0.6 is 0 Å². The summed E-state index contributed by atoms with van der Waals surface area (Å²) < 4.78 is 21.2. The fourth-order valence-electron chi connectivity index (χ4n) is 3.38. The van der Waals surface area contributed by atoms with Crippen LogP contribution in [0.3, 0.4) is 0 Å². The molecule has 2 heterocycles. The van der Waals surface area contributed by atoms with E-state index in [-0.39, 0.29) is 33.4 Å². The van der Waals surface area contributed by atoms with Crippen LogP contribution < -0.4 is 25.4 Å². The Morgan fingerprint density at radius 3 is 1.69 bits per heavy atom. The minimum Gasteiger partial charge on any atom is -0.542 e. The number of hydrogen-bond acceptors (Lipinski definition) is 11.